The number of carbonyl (C=O) groups excluding carboxylic acids is 3. The number of carbonyl (C=O) groups is 3. The van der Waals surface area contributed by atoms with Crippen LogP contribution in [0, 0.1) is 0 Å². The van der Waals surface area contributed by atoms with Crippen molar-refractivity contribution in [2.24, 2.45) is 0 Å². The van der Waals surface area contributed by atoms with Gasteiger partial charge in [-0.05, 0) is 45.4 Å². The van der Waals surface area contributed by atoms with Crippen molar-refractivity contribution in [3.05, 3.63) is 12.2 Å². The normalized spacial score (nSPS) is 37.8. The molecule has 0 radical (unpaired) electrons. The van der Waals surface area contributed by atoms with Crippen molar-refractivity contribution in [1.82, 2.24) is 0 Å². The molecule has 14 heteroatoms. The third kappa shape index (κ3) is 13.3. The van der Waals surface area contributed by atoms with E-state index in [0.29, 0.717) is 12.8 Å². The van der Waals surface area contributed by atoms with Gasteiger partial charge in [0.25, 0.3) is 0 Å². The average molecular weight is 689 g/mol. The molecule has 2 bridgehead atoms. The first-order valence-corrected chi connectivity index (χ1v) is 17.4. The Hall–Kier alpha value is -2.17. The van der Waals surface area contributed by atoms with E-state index in [9.17, 15) is 34.8 Å². The highest BCUT2D eigenvalue weighted by Crippen LogP contribution is 2.32. The maximum atomic E-state index is 12.7. The standard InChI is InChI=1S/C34H56O14/c1-21-17-15-13-11-9-7-5-4-6-8-10-12-14-16-18-26(37)47-31-25(20-43-23(3)36)46-33(30(41)29(31)40)48-32-28(39)27(38)24(19-42-22(2)35)45-34(32)44-21/h4-5,21,24-25,27-34,38-41H,6-20H2,1-3H3/b5-4-/t21?,24-,25-,27-,28+,29-,30-,31+,32-,33?,34-/m1/s1. The number of hydrogen-bond acceptors (Lipinski definition) is 14. The van der Waals surface area contributed by atoms with Crippen molar-refractivity contribution in [2.45, 2.75) is 172 Å². The van der Waals surface area contributed by atoms with Crippen LogP contribution in [0.4, 0.5) is 0 Å². The lowest BCUT2D eigenvalue weighted by Crippen LogP contribution is -2.65. The monoisotopic (exact) mass is 688 g/mol. The van der Waals surface area contributed by atoms with Crippen LogP contribution in [-0.4, -0.2) is 119 Å². The smallest absolute Gasteiger partial charge is 0.306 e. The highest BCUT2D eigenvalue weighted by Gasteiger charge is 2.53. The Bertz CT molecular complexity index is 1010. The molecule has 4 aliphatic rings. The number of rotatable bonds is 4. The van der Waals surface area contributed by atoms with Gasteiger partial charge in [-0.25, -0.2) is 0 Å². The van der Waals surface area contributed by atoms with Crippen LogP contribution < -0.4 is 0 Å². The van der Waals surface area contributed by atoms with Gasteiger partial charge >= 0.3 is 17.9 Å². The lowest BCUT2D eigenvalue weighted by atomic mass is 9.97. The number of esters is 3. The van der Waals surface area contributed by atoms with Crippen LogP contribution in [-0.2, 0) is 47.5 Å². The molecular formula is C34H56O14. The molecule has 11 atom stereocenters. The third-order valence-corrected chi connectivity index (χ3v) is 8.76. The van der Waals surface area contributed by atoms with Crippen molar-refractivity contribution in [1.29, 1.82) is 0 Å². The largest absolute Gasteiger partial charge is 0.463 e. The first-order chi connectivity index (χ1) is 23.0. The molecule has 276 valence electrons. The Labute approximate surface area is 283 Å². The number of aliphatic hydroxyl groups is 4. The highest BCUT2D eigenvalue weighted by atomic mass is 16.8. The molecule has 0 spiro atoms. The quantitative estimate of drug-likeness (QED) is 0.191. The van der Waals surface area contributed by atoms with Gasteiger partial charge in [-0.2, -0.15) is 0 Å². The molecule has 0 amide bonds. The summed E-state index contributed by atoms with van der Waals surface area (Å²) in [5, 5.41) is 44.2. The number of allylic oxidation sites excluding steroid dienone is 2. The molecule has 0 aromatic rings. The van der Waals surface area contributed by atoms with Crippen LogP contribution in [0.5, 0.6) is 0 Å². The molecule has 2 fully saturated rings. The fraction of sp³-hybridized carbons (Fsp3) is 0.853. The molecule has 0 saturated carbocycles. The van der Waals surface area contributed by atoms with E-state index < -0.39 is 85.9 Å². The zero-order valence-corrected chi connectivity index (χ0v) is 28.5. The van der Waals surface area contributed by atoms with Crippen LogP contribution in [0.1, 0.15) is 104 Å². The lowest BCUT2D eigenvalue weighted by Gasteiger charge is -2.47. The summed E-state index contributed by atoms with van der Waals surface area (Å²) in [7, 11) is 0. The van der Waals surface area contributed by atoms with Crippen LogP contribution in [0.15, 0.2) is 12.2 Å². The van der Waals surface area contributed by atoms with Crippen LogP contribution in [0.3, 0.4) is 0 Å². The summed E-state index contributed by atoms with van der Waals surface area (Å²) in [6.45, 7) is 3.42. The molecule has 2 unspecified atom stereocenters. The highest BCUT2D eigenvalue weighted by molar-refractivity contribution is 5.69. The first-order valence-electron chi connectivity index (χ1n) is 17.4. The Morgan fingerprint density at radius 1 is 0.667 bits per heavy atom. The topological polar surface area (TPSA) is 197 Å². The summed E-state index contributed by atoms with van der Waals surface area (Å²) in [4.78, 5) is 35.8. The Kier molecular flexibility index (Phi) is 17.7. The van der Waals surface area contributed by atoms with Crippen molar-refractivity contribution >= 4 is 17.9 Å². The molecule has 4 N–H and O–H groups in total. The fourth-order valence-corrected chi connectivity index (χ4v) is 6.00. The van der Waals surface area contributed by atoms with E-state index in [1.165, 1.54) is 13.8 Å². The van der Waals surface area contributed by atoms with Crippen molar-refractivity contribution in [3.63, 3.8) is 0 Å². The van der Waals surface area contributed by atoms with Crippen molar-refractivity contribution in [2.75, 3.05) is 13.2 Å². The Morgan fingerprint density at radius 3 is 1.85 bits per heavy atom. The fourth-order valence-electron chi connectivity index (χ4n) is 6.00. The molecule has 48 heavy (non-hydrogen) atoms. The summed E-state index contributed by atoms with van der Waals surface area (Å²) < 4.78 is 39.6. The molecule has 4 heterocycles. The zero-order valence-electron chi connectivity index (χ0n) is 28.5. The maximum Gasteiger partial charge on any atom is 0.306 e. The van der Waals surface area contributed by atoms with Gasteiger partial charge in [0, 0.05) is 20.3 Å². The molecule has 0 aliphatic carbocycles. The second-order valence-electron chi connectivity index (χ2n) is 12.9. The molecule has 0 aromatic carbocycles. The van der Waals surface area contributed by atoms with Gasteiger partial charge in [0.1, 0.15) is 55.9 Å². The Morgan fingerprint density at radius 2 is 1.21 bits per heavy atom. The van der Waals surface area contributed by atoms with Crippen molar-refractivity contribution in [3.8, 4) is 0 Å². The number of ether oxygens (including phenoxy) is 7. The number of aliphatic hydroxyl groups excluding tert-OH is 4. The minimum Gasteiger partial charge on any atom is -0.463 e. The van der Waals surface area contributed by atoms with Crippen LogP contribution in [0.25, 0.3) is 0 Å². The second-order valence-corrected chi connectivity index (χ2v) is 12.9. The SMILES string of the molecule is CC(=O)OC[C@H]1O[C@H]2OC(C)CCCCCC/C=C\CCCCCCCC(=O)O[C@@H]3[C@H](O)[C@@H](O)C(O[C@@H]2[C@@H](O)[C@@H]1O)O[C@@H]3COC(C)=O. The molecule has 14 nitrogen and oxygen atoms in total. The maximum absolute atomic E-state index is 12.7. The molecule has 4 rings (SSSR count). The Balaban J connectivity index is 1.81. The summed E-state index contributed by atoms with van der Waals surface area (Å²) in [6, 6.07) is 0. The summed E-state index contributed by atoms with van der Waals surface area (Å²) >= 11 is 0. The summed E-state index contributed by atoms with van der Waals surface area (Å²) in [6.07, 6.45) is 0.483. The van der Waals surface area contributed by atoms with E-state index in [0.717, 1.165) is 64.2 Å². The van der Waals surface area contributed by atoms with Gasteiger partial charge in [-0.1, -0.05) is 50.7 Å². The van der Waals surface area contributed by atoms with E-state index in [2.05, 4.69) is 12.2 Å². The first kappa shape index (κ1) is 40.3. The van der Waals surface area contributed by atoms with E-state index in [1.54, 1.807) is 0 Å². The molecule has 2 saturated heterocycles. The molecular weight excluding hydrogens is 632 g/mol. The van der Waals surface area contributed by atoms with Gasteiger partial charge < -0.3 is 53.6 Å². The van der Waals surface area contributed by atoms with E-state index in [-0.39, 0.29) is 19.1 Å². The second kappa shape index (κ2) is 21.1. The van der Waals surface area contributed by atoms with Gasteiger partial charge in [-0.15, -0.1) is 0 Å². The van der Waals surface area contributed by atoms with E-state index >= 15 is 0 Å². The lowest BCUT2D eigenvalue weighted by molar-refractivity contribution is -0.371. The molecule has 4 aliphatic heterocycles. The summed E-state index contributed by atoms with van der Waals surface area (Å²) in [5.41, 5.74) is 0. The molecule has 0 aromatic heterocycles. The van der Waals surface area contributed by atoms with Gasteiger partial charge in [-0.3, -0.25) is 14.4 Å². The van der Waals surface area contributed by atoms with E-state index in [1.807, 2.05) is 6.92 Å². The van der Waals surface area contributed by atoms with Crippen LogP contribution in [0.2, 0.25) is 0 Å². The third-order valence-electron chi connectivity index (χ3n) is 8.76. The minimum absolute atomic E-state index is 0.0919. The van der Waals surface area contributed by atoms with E-state index in [4.69, 9.17) is 33.2 Å². The van der Waals surface area contributed by atoms with Gasteiger partial charge in [0.2, 0.25) is 0 Å². The van der Waals surface area contributed by atoms with Gasteiger partial charge in [0.05, 0.1) is 6.10 Å². The zero-order chi connectivity index (χ0) is 35.1. The van der Waals surface area contributed by atoms with Crippen molar-refractivity contribution < 1.29 is 68.0 Å². The van der Waals surface area contributed by atoms with Gasteiger partial charge in [0.15, 0.2) is 18.7 Å². The predicted octanol–water partition coefficient (Wildman–Crippen LogP) is 2.35. The summed E-state index contributed by atoms with van der Waals surface area (Å²) in [5.74, 6) is -1.86. The minimum atomic E-state index is -1.79. The van der Waals surface area contributed by atoms with Crippen LogP contribution >= 0.6 is 0 Å². The number of fused-ring (bicyclic) bond motifs is 19. The predicted molar refractivity (Wildman–Crippen MR) is 169 cm³/mol. The average Bonchev–Trinajstić information content (AvgIpc) is 3.03. The number of hydrogen-bond donors (Lipinski definition) is 4.